The van der Waals surface area contributed by atoms with Crippen LogP contribution >= 0.6 is 0 Å². The first-order chi connectivity index (χ1) is 18.0. The Balaban J connectivity index is 1.29. The predicted molar refractivity (Wildman–Crippen MR) is 139 cm³/mol. The summed E-state index contributed by atoms with van der Waals surface area (Å²) in [6.45, 7) is 2.18. The number of hydrogen-bond donors (Lipinski definition) is 1. The molecule has 190 valence electrons. The number of ether oxygens (including phenoxy) is 1. The van der Waals surface area contributed by atoms with Gasteiger partial charge in [-0.25, -0.2) is 9.48 Å². The van der Waals surface area contributed by atoms with Crippen molar-refractivity contribution in [2.75, 3.05) is 0 Å². The fourth-order valence-corrected chi connectivity index (χ4v) is 5.75. The fraction of sp³-hybridized carbons (Fsp3) is 0.379. The highest BCUT2D eigenvalue weighted by molar-refractivity contribution is 5.89. The van der Waals surface area contributed by atoms with E-state index in [-0.39, 0.29) is 23.5 Å². The van der Waals surface area contributed by atoms with Crippen LogP contribution in [0.15, 0.2) is 60.9 Å². The quantitative estimate of drug-likeness (QED) is 0.341. The van der Waals surface area contributed by atoms with Crippen molar-refractivity contribution in [1.29, 1.82) is 0 Å². The largest absolute Gasteiger partial charge is 0.490 e. The average Bonchev–Trinajstić information content (AvgIpc) is 3.30. The van der Waals surface area contributed by atoms with Crippen LogP contribution in [0.2, 0.25) is 0 Å². The van der Waals surface area contributed by atoms with Crippen molar-refractivity contribution >= 4 is 5.97 Å². The molecule has 0 bridgehead atoms. The SMILES string of the molecule is CC(Oc1cccc(-c2cccc(-n3ncc(C(=O)O)c3C3CC3c3cn(C)nn3)c2)c1)C1CCCC1. The van der Waals surface area contributed by atoms with Gasteiger partial charge in [-0.3, -0.25) is 4.68 Å². The topological polar surface area (TPSA) is 95.1 Å². The van der Waals surface area contributed by atoms with Gasteiger partial charge in [-0.2, -0.15) is 5.10 Å². The number of nitrogens with zero attached hydrogens (tertiary/aromatic N) is 5. The number of rotatable bonds is 8. The van der Waals surface area contributed by atoms with Crippen molar-refractivity contribution in [1.82, 2.24) is 24.8 Å². The highest BCUT2D eigenvalue weighted by atomic mass is 16.5. The van der Waals surface area contributed by atoms with Crippen LogP contribution in [0, 0.1) is 5.92 Å². The van der Waals surface area contributed by atoms with Crippen molar-refractivity contribution < 1.29 is 14.6 Å². The van der Waals surface area contributed by atoms with Gasteiger partial charge in [0.1, 0.15) is 11.3 Å². The second kappa shape index (κ2) is 9.50. The third-order valence-electron chi connectivity index (χ3n) is 7.82. The number of carbonyl (C=O) groups is 1. The summed E-state index contributed by atoms with van der Waals surface area (Å²) in [5, 5.41) is 22.7. The Kier molecular flexibility index (Phi) is 6.02. The zero-order valence-electron chi connectivity index (χ0n) is 21.1. The zero-order chi connectivity index (χ0) is 25.5. The molecule has 2 saturated carbocycles. The third-order valence-corrected chi connectivity index (χ3v) is 7.82. The van der Waals surface area contributed by atoms with E-state index in [1.165, 1.54) is 31.9 Å². The molecule has 1 N–H and O–H groups in total. The van der Waals surface area contributed by atoms with Crippen molar-refractivity contribution in [2.45, 2.75) is 57.0 Å². The molecule has 4 aromatic rings. The summed E-state index contributed by atoms with van der Waals surface area (Å²) in [4.78, 5) is 12.1. The Morgan fingerprint density at radius 2 is 1.84 bits per heavy atom. The van der Waals surface area contributed by atoms with Crippen LogP contribution in [-0.2, 0) is 7.05 Å². The van der Waals surface area contributed by atoms with Crippen LogP contribution in [0.4, 0.5) is 0 Å². The summed E-state index contributed by atoms with van der Waals surface area (Å²) in [6.07, 6.45) is 9.45. The van der Waals surface area contributed by atoms with Crippen molar-refractivity contribution in [3.05, 3.63) is 77.9 Å². The lowest BCUT2D eigenvalue weighted by Crippen LogP contribution is -2.21. The molecule has 8 nitrogen and oxygen atoms in total. The number of hydrogen-bond acceptors (Lipinski definition) is 5. The summed E-state index contributed by atoms with van der Waals surface area (Å²) >= 11 is 0. The number of aryl methyl sites for hydroxylation is 1. The molecular weight excluding hydrogens is 466 g/mol. The van der Waals surface area contributed by atoms with E-state index in [1.807, 2.05) is 37.5 Å². The van der Waals surface area contributed by atoms with Gasteiger partial charge in [-0.1, -0.05) is 42.3 Å². The molecule has 8 heteroatoms. The lowest BCUT2D eigenvalue weighted by atomic mass is 10.0. The molecule has 2 heterocycles. The number of carboxylic acid groups (broad SMARTS) is 1. The van der Waals surface area contributed by atoms with E-state index in [0.29, 0.717) is 11.6 Å². The number of carboxylic acids is 1. The van der Waals surface area contributed by atoms with Gasteiger partial charge in [0.15, 0.2) is 0 Å². The lowest BCUT2D eigenvalue weighted by molar-refractivity contribution is 0.0695. The van der Waals surface area contributed by atoms with Gasteiger partial charge in [-0.15, -0.1) is 5.10 Å². The first kappa shape index (κ1) is 23.5. The Morgan fingerprint density at radius 3 is 2.57 bits per heavy atom. The van der Waals surface area contributed by atoms with Crippen molar-refractivity contribution in [3.8, 4) is 22.6 Å². The first-order valence-corrected chi connectivity index (χ1v) is 13.0. The number of aromatic carboxylic acids is 1. The minimum Gasteiger partial charge on any atom is -0.490 e. The van der Waals surface area contributed by atoms with Gasteiger partial charge in [0.2, 0.25) is 0 Å². The summed E-state index contributed by atoms with van der Waals surface area (Å²) in [5.74, 6) is 0.703. The fourth-order valence-electron chi connectivity index (χ4n) is 5.75. The van der Waals surface area contributed by atoms with Gasteiger partial charge in [0.05, 0.1) is 29.4 Å². The van der Waals surface area contributed by atoms with Gasteiger partial charge < -0.3 is 9.84 Å². The smallest absolute Gasteiger partial charge is 0.339 e. The minimum atomic E-state index is -0.969. The molecular formula is C29H31N5O3. The second-order valence-corrected chi connectivity index (χ2v) is 10.4. The summed E-state index contributed by atoms with van der Waals surface area (Å²) in [6, 6.07) is 16.3. The molecule has 37 heavy (non-hydrogen) atoms. The van der Waals surface area contributed by atoms with E-state index in [9.17, 15) is 9.90 Å². The number of benzene rings is 2. The molecule has 0 saturated heterocycles. The maximum atomic E-state index is 12.1. The van der Waals surface area contributed by atoms with Gasteiger partial charge >= 0.3 is 5.97 Å². The number of aromatic nitrogens is 5. The maximum absolute atomic E-state index is 12.1. The van der Waals surface area contributed by atoms with Crippen LogP contribution in [0.25, 0.3) is 16.8 Å². The highest BCUT2D eigenvalue weighted by Gasteiger charge is 2.46. The predicted octanol–water partition coefficient (Wildman–Crippen LogP) is 5.59. The molecule has 0 radical (unpaired) electrons. The molecule has 0 aliphatic heterocycles. The Labute approximate surface area is 215 Å². The van der Waals surface area contributed by atoms with E-state index < -0.39 is 5.97 Å². The van der Waals surface area contributed by atoms with E-state index in [0.717, 1.165) is 34.7 Å². The first-order valence-electron chi connectivity index (χ1n) is 13.0. The van der Waals surface area contributed by atoms with E-state index >= 15 is 0 Å². The molecule has 2 aliphatic carbocycles. The standard InChI is InChI=1S/C29H31N5O3/c1-18(19-7-3-4-8-19)37-23-12-6-10-21(14-23)20-9-5-11-22(13-20)34-28(26(16-30-34)29(35)36)25-15-24(25)27-17-33(2)32-31-27/h5-6,9-14,16-19,24-25H,3-4,7-8,15H2,1-2H3,(H,35,36). The molecule has 2 aromatic heterocycles. The monoisotopic (exact) mass is 497 g/mol. The molecule has 3 unspecified atom stereocenters. The van der Waals surface area contributed by atoms with E-state index in [1.54, 1.807) is 9.36 Å². The molecule has 2 fully saturated rings. The second-order valence-electron chi connectivity index (χ2n) is 10.4. The molecule has 2 aliphatic rings. The molecule has 0 amide bonds. The van der Waals surface area contributed by atoms with Crippen LogP contribution in [0.3, 0.4) is 0 Å². The lowest BCUT2D eigenvalue weighted by Gasteiger charge is -2.21. The van der Waals surface area contributed by atoms with Crippen LogP contribution in [0.5, 0.6) is 5.75 Å². The highest BCUT2D eigenvalue weighted by Crippen LogP contribution is 2.55. The summed E-state index contributed by atoms with van der Waals surface area (Å²) in [5.41, 5.74) is 4.73. The normalized spacial score (nSPS) is 20.2. The van der Waals surface area contributed by atoms with Gasteiger partial charge in [0, 0.05) is 25.1 Å². The van der Waals surface area contributed by atoms with E-state index in [2.05, 4.69) is 46.6 Å². The minimum absolute atomic E-state index is 0.0303. The van der Waals surface area contributed by atoms with Crippen molar-refractivity contribution in [2.24, 2.45) is 13.0 Å². The molecule has 3 atom stereocenters. The summed E-state index contributed by atoms with van der Waals surface area (Å²) in [7, 11) is 1.84. The molecule has 0 spiro atoms. The van der Waals surface area contributed by atoms with Crippen LogP contribution in [0.1, 0.15) is 72.6 Å². The third kappa shape index (κ3) is 4.63. The Hall–Kier alpha value is -3.94. The van der Waals surface area contributed by atoms with Crippen molar-refractivity contribution in [3.63, 3.8) is 0 Å². The zero-order valence-corrected chi connectivity index (χ0v) is 21.1. The molecule has 2 aromatic carbocycles. The Morgan fingerprint density at radius 1 is 1.08 bits per heavy atom. The average molecular weight is 498 g/mol. The van der Waals surface area contributed by atoms with Crippen LogP contribution in [-0.4, -0.2) is 42.0 Å². The Bertz CT molecular complexity index is 1430. The summed E-state index contributed by atoms with van der Waals surface area (Å²) < 4.78 is 9.77. The van der Waals surface area contributed by atoms with Gasteiger partial charge in [0.25, 0.3) is 0 Å². The molecule has 6 rings (SSSR count). The van der Waals surface area contributed by atoms with Crippen LogP contribution < -0.4 is 4.74 Å². The maximum Gasteiger partial charge on any atom is 0.339 e. The van der Waals surface area contributed by atoms with Gasteiger partial charge in [-0.05, 0) is 67.5 Å². The van der Waals surface area contributed by atoms with E-state index in [4.69, 9.17) is 4.74 Å².